The molecular formula is C19H24N2. The summed E-state index contributed by atoms with van der Waals surface area (Å²) in [5.41, 5.74) is 3.68. The Bertz CT molecular complexity index is 624. The van der Waals surface area contributed by atoms with Crippen LogP contribution in [0.5, 0.6) is 0 Å². The zero-order chi connectivity index (χ0) is 14.5. The smallest absolute Gasteiger partial charge is 0.0709 e. The Morgan fingerprint density at radius 1 is 1.14 bits per heavy atom. The fourth-order valence-electron chi connectivity index (χ4n) is 3.34. The average Bonchev–Trinajstić information content (AvgIpc) is 2.55. The standard InChI is InChI=1S/C19H24N2/c1-20-14-17(15-7-3-2-4-8-15)13-18-12-11-16-9-5-6-10-19(16)21-18/h5-6,9-13,15,20H,2-4,7-8,14H2,1H3/b17-13-. The Hall–Kier alpha value is -1.67. The summed E-state index contributed by atoms with van der Waals surface area (Å²) in [4.78, 5) is 4.79. The lowest BCUT2D eigenvalue weighted by atomic mass is 9.83. The van der Waals surface area contributed by atoms with E-state index in [0.29, 0.717) is 0 Å². The van der Waals surface area contributed by atoms with Crippen molar-refractivity contribution in [2.75, 3.05) is 13.6 Å². The maximum Gasteiger partial charge on any atom is 0.0709 e. The summed E-state index contributed by atoms with van der Waals surface area (Å²) < 4.78 is 0. The molecule has 1 N–H and O–H groups in total. The van der Waals surface area contributed by atoms with E-state index in [1.165, 1.54) is 43.1 Å². The Morgan fingerprint density at radius 3 is 2.76 bits per heavy atom. The van der Waals surface area contributed by atoms with Crippen LogP contribution in [0.1, 0.15) is 37.8 Å². The topological polar surface area (TPSA) is 24.9 Å². The highest BCUT2D eigenvalue weighted by molar-refractivity contribution is 5.79. The molecule has 1 fully saturated rings. The third-order valence-electron chi connectivity index (χ3n) is 4.46. The van der Waals surface area contributed by atoms with Crippen molar-refractivity contribution in [2.45, 2.75) is 32.1 Å². The number of fused-ring (bicyclic) bond motifs is 1. The second-order valence-corrected chi connectivity index (χ2v) is 6.01. The van der Waals surface area contributed by atoms with Crippen LogP contribution in [0.15, 0.2) is 42.0 Å². The molecule has 2 heteroatoms. The minimum atomic E-state index is 0.736. The predicted molar refractivity (Wildman–Crippen MR) is 90.2 cm³/mol. The number of hydrogen-bond acceptors (Lipinski definition) is 2. The van der Waals surface area contributed by atoms with Crippen LogP contribution in [0.2, 0.25) is 0 Å². The summed E-state index contributed by atoms with van der Waals surface area (Å²) in [7, 11) is 2.03. The van der Waals surface area contributed by atoms with Gasteiger partial charge in [0.25, 0.3) is 0 Å². The van der Waals surface area contributed by atoms with Crippen molar-refractivity contribution in [3.63, 3.8) is 0 Å². The molecule has 1 aromatic heterocycles. The van der Waals surface area contributed by atoms with E-state index < -0.39 is 0 Å². The predicted octanol–water partition coefficient (Wildman–Crippen LogP) is 4.42. The van der Waals surface area contributed by atoms with Gasteiger partial charge in [-0.3, -0.25) is 0 Å². The maximum absolute atomic E-state index is 4.79. The van der Waals surface area contributed by atoms with Gasteiger partial charge < -0.3 is 5.32 Å². The highest BCUT2D eigenvalue weighted by atomic mass is 14.8. The zero-order valence-electron chi connectivity index (χ0n) is 12.8. The largest absolute Gasteiger partial charge is 0.316 e. The molecule has 0 atom stereocenters. The van der Waals surface area contributed by atoms with Gasteiger partial charge in [-0.15, -0.1) is 0 Å². The van der Waals surface area contributed by atoms with E-state index in [1.807, 2.05) is 7.05 Å². The first-order chi connectivity index (χ1) is 10.4. The Balaban J connectivity index is 1.90. The van der Waals surface area contributed by atoms with Gasteiger partial charge in [0.2, 0.25) is 0 Å². The number of nitrogens with one attached hydrogen (secondary N) is 1. The molecule has 0 bridgehead atoms. The molecule has 0 spiro atoms. The van der Waals surface area contributed by atoms with E-state index in [2.05, 4.69) is 47.8 Å². The number of aromatic nitrogens is 1. The number of pyridine rings is 1. The Labute approximate surface area is 127 Å². The highest BCUT2D eigenvalue weighted by Gasteiger charge is 2.17. The van der Waals surface area contributed by atoms with Gasteiger partial charge in [0.15, 0.2) is 0 Å². The van der Waals surface area contributed by atoms with E-state index in [4.69, 9.17) is 4.98 Å². The molecule has 2 nitrogen and oxygen atoms in total. The van der Waals surface area contributed by atoms with Crippen molar-refractivity contribution in [3.05, 3.63) is 47.7 Å². The van der Waals surface area contributed by atoms with Crippen molar-refractivity contribution >= 4 is 17.0 Å². The van der Waals surface area contributed by atoms with Crippen molar-refractivity contribution in [3.8, 4) is 0 Å². The molecule has 0 amide bonds. The fraction of sp³-hybridized carbons (Fsp3) is 0.421. The average molecular weight is 280 g/mol. The molecule has 1 heterocycles. The number of likely N-dealkylation sites (N-methyl/N-ethyl adjacent to an activating group) is 1. The summed E-state index contributed by atoms with van der Waals surface area (Å²) in [5.74, 6) is 0.736. The van der Waals surface area contributed by atoms with Gasteiger partial charge in [0.05, 0.1) is 11.2 Å². The summed E-state index contributed by atoms with van der Waals surface area (Å²) in [6.07, 6.45) is 9.12. The van der Waals surface area contributed by atoms with Crippen LogP contribution in [0.25, 0.3) is 17.0 Å². The van der Waals surface area contributed by atoms with Gasteiger partial charge in [0, 0.05) is 11.9 Å². The van der Waals surface area contributed by atoms with E-state index in [0.717, 1.165) is 23.7 Å². The third-order valence-corrected chi connectivity index (χ3v) is 4.46. The molecule has 3 rings (SSSR count). The van der Waals surface area contributed by atoms with Crippen LogP contribution in [-0.4, -0.2) is 18.6 Å². The van der Waals surface area contributed by atoms with E-state index in [-0.39, 0.29) is 0 Å². The van der Waals surface area contributed by atoms with Crippen LogP contribution >= 0.6 is 0 Å². The van der Waals surface area contributed by atoms with Gasteiger partial charge in [-0.25, -0.2) is 4.98 Å². The molecule has 0 radical (unpaired) electrons. The van der Waals surface area contributed by atoms with Crippen molar-refractivity contribution < 1.29 is 0 Å². The van der Waals surface area contributed by atoms with Gasteiger partial charge >= 0.3 is 0 Å². The lowest BCUT2D eigenvalue weighted by Gasteiger charge is -2.24. The first-order valence-corrected chi connectivity index (χ1v) is 8.07. The Kier molecular flexibility index (Phi) is 4.66. The molecule has 21 heavy (non-hydrogen) atoms. The molecule has 110 valence electrons. The number of hydrogen-bond donors (Lipinski definition) is 1. The SMILES string of the molecule is CNC/C(=C/c1ccc2ccccc2n1)C1CCCCC1. The monoisotopic (exact) mass is 280 g/mol. The quantitative estimate of drug-likeness (QED) is 0.897. The minimum absolute atomic E-state index is 0.736. The molecule has 1 aliphatic rings. The lowest BCUT2D eigenvalue weighted by molar-refractivity contribution is 0.398. The number of benzene rings is 1. The van der Waals surface area contributed by atoms with Crippen LogP contribution in [0.3, 0.4) is 0 Å². The van der Waals surface area contributed by atoms with Gasteiger partial charge in [-0.05, 0) is 44.0 Å². The molecule has 0 aliphatic heterocycles. The number of para-hydroxylation sites is 1. The summed E-state index contributed by atoms with van der Waals surface area (Å²) in [5, 5.41) is 4.54. The van der Waals surface area contributed by atoms with E-state index in [1.54, 1.807) is 0 Å². The lowest BCUT2D eigenvalue weighted by Crippen LogP contribution is -2.19. The normalized spacial score (nSPS) is 17.3. The first kappa shape index (κ1) is 14.3. The fourth-order valence-corrected chi connectivity index (χ4v) is 3.34. The molecule has 2 aromatic rings. The Morgan fingerprint density at radius 2 is 1.95 bits per heavy atom. The van der Waals surface area contributed by atoms with Gasteiger partial charge in [-0.2, -0.15) is 0 Å². The van der Waals surface area contributed by atoms with Gasteiger partial charge in [-0.1, -0.05) is 49.1 Å². The van der Waals surface area contributed by atoms with E-state index >= 15 is 0 Å². The van der Waals surface area contributed by atoms with Gasteiger partial charge in [0.1, 0.15) is 0 Å². The van der Waals surface area contributed by atoms with Crippen LogP contribution in [-0.2, 0) is 0 Å². The van der Waals surface area contributed by atoms with Crippen molar-refractivity contribution in [2.24, 2.45) is 5.92 Å². The minimum Gasteiger partial charge on any atom is -0.316 e. The van der Waals surface area contributed by atoms with Crippen LogP contribution in [0.4, 0.5) is 0 Å². The zero-order valence-corrected chi connectivity index (χ0v) is 12.8. The number of rotatable bonds is 4. The van der Waals surface area contributed by atoms with Crippen LogP contribution < -0.4 is 5.32 Å². The van der Waals surface area contributed by atoms with Crippen LogP contribution in [0, 0.1) is 5.92 Å². The van der Waals surface area contributed by atoms with Crippen molar-refractivity contribution in [1.29, 1.82) is 0 Å². The first-order valence-electron chi connectivity index (χ1n) is 8.07. The summed E-state index contributed by atoms with van der Waals surface area (Å²) >= 11 is 0. The second-order valence-electron chi connectivity index (χ2n) is 6.01. The van der Waals surface area contributed by atoms with Crippen molar-refractivity contribution in [1.82, 2.24) is 10.3 Å². The molecule has 0 saturated heterocycles. The molecular weight excluding hydrogens is 256 g/mol. The molecule has 0 unspecified atom stereocenters. The molecule has 1 aromatic carbocycles. The van der Waals surface area contributed by atoms with E-state index in [9.17, 15) is 0 Å². The molecule has 1 saturated carbocycles. The number of nitrogens with zero attached hydrogens (tertiary/aromatic N) is 1. The second kappa shape index (κ2) is 6.86. The summed E-state index contributed by atoms with van der Waals surface area (Å²) in [6.45, 7) is 0.971. The highest BCUT2D eigenvalue weighted by Crippen LogP contribution is 2.30. The molecule has 1 aliphatic carbocycles. The summed E-state index contributed by atoms with van der Waals surface area (Å²) in [6, 6.07) is 12.6. The maximum atomic E-state index is 4.79. The third kappa shape index (κ3) is 3.51.